The van der Waals surface area contributed by atoms with E-state index in [4.69, 9.17) is 9.47 Å². The number of nitrogens with one attached hydrogen (secondary N) is 1. The number of hydrogen-bond donors (Lipinski definition) is 1. The van der Waals surface area contributed by atoms with Crippen molar-refractivity contribution in [1.82, 2.24) is 10.2 Å². The summed E-state index contributed by atoms with van der Waals surface area (Å²) in [6.07, 6.45) is 1.76. The molecule has 2 amide bonds. The van der Waals surface area contributed by atoms with Gasteiger partial charge in [0.05, 0.1) is 18.0 Å². The number of alkyl carbamates (subject to hydrolysis) is 1. The number of nitrogens with zero attached hydrogens (tertiary/aromatic N) is 1. The van der Waals surface area contributed by atoms with Crippen LogP contribution in [0.4, 0.5) is 4.79 Å². The summed E-state index contributed by atoms with van der Waals surface area (Å²) in [4.78, 5) is 26.2. The number of halogens is 1. The lowest BCUT2D eigenvalue weighted by Gasteiger charge is -2.32. The topological polar surface area (TPSA) is 67.9 Å². The van der Waals surface area contributed by atoms with Crippen LogP contribution in [0.2, 0.25) is 0 Å². The van der Waals surface area contributed by atoms with Crippen LogP contribution in [0.1, 0.15) is 39.2 Å². The van der Waals surface area contributed by atoms with Gasteiger partial charge in [0.25, 0.3) is 0 Å². The van der Waals surface area contributed by atoms with Crippen LogP contribution in [-0.4, -0.2) is 49.2 Å². The molecule has 1 aliphatic heterocycles. The minimum absolute atomic E-state index is 0.130. The Balaban J connectivity index is 1.75. The van der Waals surface area contributed by atoms with Gasteiger partial charge in [-0.15, -0.1) is 0 Å². The van der Waals surface area contributed by atoms with Crippen molar-refractivity contribution < 1.29 is 19.1 Å². The molecule has 1 aliphatic rings. The SMILES string of the molecule is COc1ccc(CC(=O)N2CCC(CNC(=O)OC(C)(C)C)CC2)cc1Br. The number of benzene rings is 1. The lowest BCUT2D eigenvalue weighted by Crippen LogP contribution is -2.42. The second kappa shape index (κ2) is 9.44. The maximum absolute atomic E-state index is 12.6. The number of methoxy groups -OCH3 is 1. The van der Waals surface area contributed by atoms with Crippen molar-refractivity contribution in [3.63, 3.8) is 0 Å². The molecule has 2 rings (SSSR count). The first-order valence-electron chi connectivity index (χ1n) is 9.25. The van der Waals surface area contributed by atoms with E-state index in [1.807, 2.05) is 43.9 Å². The molecule has 7 heteroatoms. The Morgan fingerprint density at radius 3 is 2.48 bits per heavy atom. The van der Waals surface area contributed by atoms with Crippen molar-refractivity contribution >= 4 is 27.9 Å². The fourth-order valence-electron chi connectivity index (χ4n) is 3.03. The molecular weight excluding hydrogens is 412 g/mol. The minimum atomic E-state index is -0.490. The van der Waals surface area contributed by atoms with Gasteiger partial charge in [-0.3, -0.25) is 4.79 Å². The van der Waals surface area contributed by atoms with E-state index in [0.717, 1.165) is 41.7 Å². The molecule has 1 N–H and O–H groups in total. The highest BCUT2D eigenvalue weighted by Gasteiger charge is 2.24. The number of rotatable bonds is 5. The van der Waals surface area contributed by atoms with Crippen LogP contribution in [0.5, 0.6) is 5.75 Å². The molecule has 6 nitrogen and oxygen atoms in total. The van der Waals surface area contributed by atoms with Crippen LogP contribution in [0, 0.1) is 5.92 Å². The second-order valence-electron chi connectivity index (χ2n) is 7.85. The highest BCUT2D eigenvalue weighted by molar-refractivity contribution is 9.10. The molecule has 150 valence electrons. The molecule has 1 aromatic carbocycles. The summed E-state index contributed by atoms with van der Waals surface area (Å²) in [7, 11) is 1.62. The van der Waals surface area contributed by atoms with E-state index in [9.17, 15) is 9.59 Å². The van der Waals surface area contributed by atoms with Gasteiger partial charge < -0.3 is 19.7 Å². The molecule has 0 aromatic heterocycles. The maximum atomic E-state index is 12.6. The van der Waals surface area contributed by atoms with Gasteiger partial charge in [-0.05, 0) is 73.2 Å². The van der Waals surface area contributed by atoms with Gasteiger partial charge in [0.2, 0.25) is 5.91 Å². The van der Waals surface area contributed by atoms with Crippen LogP contribution < -0.4 is 10.1 Å². The van der Waals surface area contributed by atoms with Crippen LogP contribution in [0.15, 0.2) is 22.7 Å². The smallest absolute Gasteiger partial charge is 0.407 e. The van der Waals surface area contributed by atoms with Gasteiger partial charge in [0.1, 0.15) is 11.4 Å². The zero-order chi connectivity index (χ0) is 20.0. The summed E-state index contributed by atoms with van der Waals surface area (Å²) in [5, 5.41) is 2.83. The predicted molar refractivity (Wildman–Crippen MR) is 108 cm³/mol. The predicted octanol–water partition coefficient (Wildman–Crippen LogP) is 3.76. The third-order valence-electron chi connectivity index (χ3n) is 4.47. The molecule has 0 spiro atoms. The van der Waals surface area contributed by atoms with E-state index >= 15 is 0 Å². The van der Waals surface area contributed by atoms with Crippen molar-refractivity contribution in [2.45, 2.75) is 45.6 Å². The Kier molecular flexibility index (Phi) is 7.53. The fourth-order valence-corrected chi connectivity index (χ4v) is 3.62. The Bertz CT molecular complexity index is 664. The number of ether oxygens (including phenoxy) is 2. The molecule has 1 fully saturated rings. The monoisotopic (exact) mass is 440 g/mol. The van der Waals surface area contributed by atoms with E-state index in [-0.39, 0.29) is 12.0 Å². The lowest BCUT2D eigenvalue weighted by molar-refractivity contribution is -0.131. The molecule has 0 bridgehead atoms. The minimum Gasteiger partial charge on any atom is -0.496 e. The number of hydrogen-bond acceptors (Lipinski definition) is 4. The number of carbonyl (C=O) groups is 2. The molecule has 0 unspecified atom stereocenters. The summed E-state index contributed by atoms with van der Waals surface area (Å²) in [6, 6.07) is 5.70. The Morgan fingerprint density at radius 2 is 1.93 bits per heavy atom. The van der Waals surface area contributed by atoms with Crippen LogP contribution >= 0.6 is 15.9 Å². The molecule has 1 heterocycles. The first kappa shape index (κ1) is 21.5. The normalized spacial score (nSPS) is 15.4. The number of carbonyl (C=O) groups excluding carboxylic acids is 2. The molecule has 27 heavy (non-hydrogen) atoms. The van der Waals surface area contributed by atoms with Crippen molar-refractivity contribution in [2.75, 3.05) is 26.7 Å². The average molecular weight is 441 g/mol. The van der Waals surface area contributed by atoms with Crippen LogP contribution in [0.25, 0.3) is 0 Å². The van der Waals surface area contributed by atoms with Crippen molar-refractivity contribution in [3.05, 3.63) is 28.2 Å². The van der Waals surface area contributed by atoms with Crippen molar-refractivity contribution in [3.8, 4) is 5.75 Å². The molecule has 0 saturated carbocycles. The first-order chi connectivity index (χ1) is 12.7. The maximum Gasteiger partial charge on any atom is 0.407 e. The van der Waals surface area contributed by atoms with E-state index in [2.05, 4.69) is 21.2 Å². The van der Waals surface area contributed by atoms with Crippen molar-refractivity contribution in [2.24, 2.45) is 5.92 Å². The summed E-state index contributed by atoms with van der Waals surface area (Å²) in [5.74, 6) is 1.26. The second-order valence-corrected chi connectivity index (χ2v) is 8.71. The third-order valence-corrected chi connectivity index (χ3v) is 5.09. The number of amides is 2. The largest absolute Gasteiger partial charge is 0.496 e. The Hall–Kier alpha value is -1.76. The molecule has 0 radical (unpaired) electrons. The van der Waals surface area contributed by atoms with Gasteiger partial charge in [-0.1, -0.05) is 6.07 Å². The quantitative estimate of drug-likeness (QED) is 0.756. The van der Waals surface area contributed by atoms with E-state index in [1.165, 1.54) is 0 Å². The molecule has 0 aliphatic carbocycles. The summed E-state index contributed by atoms with van der Waals surface area (Å²) in [6.45, 7) is 7.56. The van der Waals surface area contributed by atoms with Crippen molar-refractivity contribution in [1.29, 1.82) is 0 Å². The van der Waals surface area contributed by atoms with Crippen LogP contribution in [-0.2, 0) is 16.0 Å². The van der Waals surface area contributed by atoms with Gasteiger partial charge >= 0.3 is 6.09 Å². The van der Waals surface area contributed by atoms with Gasteiger partial charge in [0.15, 0.2) is 0 Å². The standard InChI is InChI=1S/C20H29BrN2O4/c1-20(2,3)27-19(25)22-13-14-7-9-23(10-8-14)18(24)12-15-5-6-17(26-4)16(21)11-15/h5-6,11,14H,7-10,12-13H2,1-4H3,(H,22,25). The first-order valence-corrected chi connectivity index (χ1v) is 10.0. The molecule has 1 saturated heterocycles. The highest BCUT2D eigenvalue weighted by atomic mass is 79.9. The Labute approximate surface area is 169 Å². The molecule has 0 atom stereocenters. The van der Waals surface area contributed by atoms with Gasteiger partial charge in [-0.25, -0.2) is 4.79 Å². The number of likely N-dealkylation sites (tertiary alicyclic amines) is 1. The van der Waals surface area contributed by atoms with E-state index < -0.39 is 5.60 Å². The average Bonchev–Trinajstić information content (AvgIpc) is 2.59. The summed E-state index contributed by atoms with van der Waals surface area (Å²) >= 11 is 3.45. The Morgan fingerprint density at radius 1 is 1.26 bits per heavy atom. The fraction of sp³-hybridized carbons (Fsp3) is 0.600. The van der Waals surface area contributed by atoms with Gasteiger partial charge in [0, 0.05) is 19.6 Å². The van der Waals surface area contributed by atoms with E-state index in [0.29, 0.717) is 18.9 Å². The molecular formula is C20H29BrN2O4. The summed E-state index contributed by atoms with van der Waals surface area (Å²) in [5.41, 5.74) is 0.470. The zero-order valence-electron chi connectivity index (χ0n) is 16.5. The zero-order valence-corrected chi connectivity index (χ0v) is 18.1. The number of piperidine rings is 1. The third kappa shape index (κ3) is 7.05. The molecule has 1 aromatic rings. The summed E-state index contributed by atoms with van der Waals surface area (Å²) < 4.78 is 11.3. The van der Waals surface area contributed by atoms with Gasteiger partial charge in [-0.2, -0.15) is 0 Å². The lowest BCUT2D eigenvalue weighted by atomic mass is 9.96. The highest BCUT2D eigenvalue weighted by Crippen LogP contribution is 2.26. The van der Waals surface area contributed by atoms with E-state index in [1.54, 1.807) is 7.11 Å². The van der Waals surface area contributed by atoms with Crippen LogP contribution in [0.3, 0.4) is 0 Å².